The molecule has 4 aromatic rings. The molecule has 270 valence electrons. The van der Waals surface area contributed by atoms with Crippen LogP contribution in [0.5, 0.6) is 17.2 Å². The van der Waals surface area contributed by atoms with Crippen LogP contribution in [0.25, 0.3) is 0 Å². The van der Waals surface area contributed by atoms with E-state index in [9.17, 15) is 19.5 Å². The summed E-state index contributed by atoms with van der Waals surface area (Å²) in [4.78, 5) is 39.6. The number of phenols is 1. The number of ether oxygens (including phenoxy) is 2. The highest BCUT2D eigenvalue weighted by atomic mass is 16.6. The van der Waals surface area contributed by atoms with Crippen molar-refractivity contribution in [3.63, 3.8) is 0 Å². The molecule has 0 aromatic heterocycles. The minimum Gasteiger partial charge on any atom is -0.508 e. The number of benzene rings is 4. The van der Waals surface area contributed by atoms with E-state index in [1.807, 2.05) is 89.2 Å². The SMILES string of the molecule is CC(C)C(NCC(Cc1ccccc1)NC(=O)Oc1ccccc1)C(=O)NC(CNC(=O)Oc1ccccc1)Cc1ccc(O)c(C(C)(C)C)c1. The summed E-state index contributed by atoms with van der Waals surface area (Å²) in [6.45, 7) is 10.3. The third kappa shape index (κ3) is 12.8. The van der Waals surface area contributed by atoms with E-state index in [-0.39, 0.29) is 36.1 Å². The number of hydrogen-bond donors (Lipinski definition) is 5. The van der Waals surface area contributed by atoms with E-state index in [2.05, 4.69) is 21.3 Å². The predicted octanol–water partition coefficient (Wildman–Crippen LogP) is 6.52. The number of amides is 3. The van der Waals surface area contributed by atoms with Crippen molar-refractivity contribution in [3.8, 4) is 17.2 Å². The van der Waals surface area contributed by atoms with Gasteiger partial charge in [-0.15, -0.1) is 0 Å². The zero-order valence-electron chi connectivity index (χ0n) is 30.0. The Balaban J connectivity index is 1.48. The summed E-state index contributed by atoms with van der Waals surface area (Å²) < 4.78 is 10.9. The van der Waals surface area contributed by atoms with Crippen molar-refractivity contribution in [1.82, 2.24) is 21.3 Å². The highest BCUT2D eigenvalue weighted by Crippen LogP contribution is 2.31. The van der Waals surface area contributed by atoms with E-state index in [0.29, 0.717) is 24.3 Å². The molecule has 4 rings (SSSR count). The van der Waals surface area contributed by atoms with Crippen LogP contribution < -0.4 is 30.7 Å². The average molecular weight is 695 g/mol. The number of aromatic hydroxyl groups is 1. The molecule has 4 aromatic carbocycles. The van der Waals surface area contributed by atoms with Gasteiger partial charge in [-0.25, -0.2) is 9.59 Å². The normalized spacial score (nSPS) is 13.1. The zero-order valence-corrected chi connectivity index (χ0v) is 30.0. The van der Waals surface area contributed by atoms with E-state index in [1.54, 1.807) is 54.6 Å². The first-order chi connectivity index (χ1) is 24.4. The van der Waals surface area contributed by atoms with Gasteiger partial charge >= 0.3 is 12.2 Å². The first-order valence-electron chi connectivity index (χ1n) is 17.3. The Bertz CT molecular complexity index is 1690. The first kappa shape index (κ1) is 38.5. The molecular formula is C41H50N4O6. The third-order valence-corrected chi connectivity index (χ3v) is 8.28. The molecule has 51 heavy (non-hydrogen) atoms. The van der Waals surface area contributed by atoms with Crippen LogP contribution in [0.15, 0.2) is 109 Å². The second-order valence-corrected chi connectivity index (χ2v) is 14.0. The first-order valence-corrected chi connectivity index (χ1v) is 17.3. The van der Waals surface area contributed by atoms with Crippen molar-refractivity contribution in [3.05, 3.63) is 126 Å². The molecule has 3 unspecified atom stereocenters. The van der Waals surface area contributed by atoms with Gasteiger partial charge in [0.25, 0.3) is 0 Å². The van der Waals surface area contributed by atoms with E-state index < -0.39 is 30.3 Å². The Morgan fingerprint density at radius 1 is 0.667 bits per heavy atom. The summed E-state index contributed by atoms with van der Waals surface area (Å²) >= 11 is 0. The van der Waals surface area contributed by atoms with Gasteiger partial charge in [0.15, 0.2) is 0 Å². The molecule has 0 aliphatic carbocycles. The fourth-order valence-corrected chi connectivity index (χ4v) is 5.66. The van der Waals surface area contributed by atoms with Crippen molar-refractivity contribution in [2.75, 3.05) is 13.1 Å². The second kappa shape index (κ2) is 18.6. The Kier molecular flexibility index (Phi) is 14.0. The quantitative estimate of drug-likeness (QED) is 0.0956. The number of phenolic OH excluding ortho intramolecular Hbond substituents is 1. The molecular weight excluding hydrogens is 644 g/mol. The Hall–Kier alpha value is -5.35. The highest BCUT2D eigenvalue weighted by molar-refractivity contribution is 5.82. The molecule has 0 bridgehead atoms. The van der Waals surface area contributed by atoms with E-state index in [1.165, 1.54) is 0 Å². The van der Waals surface area contributed by atoms with Crippen LogP contribution in [0.1, 0.15) is 51.3 Å². The molecule has 0 aliphatic heterocycles. The minimum absolute atomic E-state index is 0.0947. The van der Waals surface area contributed by atoms with Crippen molar-refractivity contribution in [2.24, 2.45) is 5.92 Å². The summed E-state index contributed by atoms with van der Waals surface area (Å²) in [5.74, 6) is 0.660. The predicted molar refractivity (Wildman–Crippen MR) is 199 cm³/mol. The van der Waals surface area contributed by atoms with Crippen molar-refractivity contribution in [1.29, 1.82) is 0 Å². The summed E-state index contributed by atoms with van der Waals surface area (Å²) in [5.41, 5.74) is 2.39. The van der Waals surface area contributed by atoms with Crippen molar-refractivity contribution < 1.29 is 29.0 Å². The molecule has 3 atom stereocenters. The number of nitrogens with one attached hydrogen (secondary N) is 4. The lowest BCUT2D eigenvalue weighted by atomic mass is 9.84. The Labute approximate surface area is 301 Å². The summed E-state index contributed by atoms with van der Waals surface area (Å²) in [6.07, 6.45) is -0.337. The summed E-state index contributed by atoms with van der Waals surface area (Å²) in [7, 11) is 0. The van der Waals surface area contributed by atoms with E-state index >= 15 is 0 Å². The minimum atomic E-state index is -0.641. The van der Waals surface area contributed by atoms with Gasteiger partial charge in [0, 0.05) is 19.1 Å². The molecule has 0 spiro atoms. The van der Waals surface area contributed by atoms with E-state index in [0.717, 1.165) is 16.7 Å². The fraction of sp³-hybridized carbons (Fsp3) is 0.341. The van der Waals surface area contributed by atoms with Crippen LogP contribution in [-0.4, -0.2) is 54.4 Å². The summed E-state index contributed by atoms with van der Waals surface area (Å²) in [6, 6.07) is 31.2. The Morgan fingerprint density at radius 2 is 1.20 bits per heavy atom. The summed E-state index contributed by atoms with van der Waals surface area (Å²) in [5, 5.41) is 22.8. The maximum Gasteiger partial charge on any atom is 0.412 e. The molecule has 5 N–H and O–H groups in total. The largest absolute Gasteiger partial charge is 0.508 e. The molecule has 10 heteroatoms. The maximum atomic E-state index is 14.0. The van der Waals surface area contributed by atoms with Gasteiger partial charge in [-0.3, -0.25) is 4.79 Å². The molecule has 0 radical (unpaired) electrons. The van der Waals surface area contributed by atoms with Crippen molar-refractivity contribution >= 4 is 18.1 Å². The van der Waals surface area contributed by atoms with Crippen LogP contribution in [0, 0.1) is 5.92 Å². The lowest BCUT2D eigenvalue weighted by Gasteiger charge is -2.28. The monoisotopic (exact) mass is 694 g/mol. The van der Waals surface area contributed by atoms with Crippen LogP contribution in [0.2, 0.25) is 0 Å². The molecule has 0 aliphatic rings. The lowest BCUT2D eigenvalue weighted by Crippen LogP contribution is -2.56. The fourth-order valence-electron chi connectivity index (χ4n) is 5.66. The average Bonchev–Trinajstić information content (AvgIpc) is 3.08. The van der Waals surface area contributed by atoms with Gasteiger partial charge in [-0.2, -0.15) is 0 Å². The molecule has 0 fully saturated rings. The highest BCUT2D eigenvalue weighted by Gasteiger charge is 2.27. The number of rotatable bonds is 15. The van der Waals surface area contributed by atoms with Gasteiger partial charge < -0.3 is 35.8 Å². The van der Waals surface area contributed by atoms with Gasteiger partial charge in [0.05, 0.1) is 12.1 Å². The van der Waals surface area contributed by atoms with Gasteiger partial charge in [0.1, 0.15) is 17.2 Å². The van der Waals surface area contributed by atoms with Crippen LogP contribution in [0.4, 0.5) is 9.59 Å². The van der Waals surface area contributed by atoms with Crippen LogP contribution >= 0.6 is 0 Å². The molecule has 3 amide bonds. The molecule has 10 nitrogen and oxygen atoms in total. The zero-order chi connectivity index (χ0) is 36.8. The van der Waals surface area contributed by atoms with E-state index in [4.69, 9.17) is 9.47 Å². The molecule has 0 saturated heterocycles. The number of carbonyl (C=O) groups is 3. The third-order valence-electron chi connectivity index (χ3n) is 8.28. The lowest BCUT2D eigenvalue weighted by molar-refractivity contribution is -0.124. The smallest absolute Gasteiger partial charge is 0.412 e. The van der Waals surface area contributed by atoms with Gasteiger partial charge in [0.2, 0.25) is 5.91 Å². The molecule has 0 heterocycles. The van der Waals surface area contributed by atoms with Crippen LogP contribution in [0.3, 0.4) is 0 Å². The van der Waals surface area contributed by atoms with Crippen LogP contribution in [-0.2, 0) is 23.1 Å². The standard InChI is InChI=1S/C41H50N4O6/c1-28(2)37(42-26-32(23-29-15-9-6-10-16-29)45-40(49)51-34-19-13-8-14-20-34)38(47)44-31(27-43-39(48)50-33-17-11-7-12-18-33)24-30-21-22-36(46)35(25-30)41(3,4)5/h6-22,25,28,31-32,37,42,46H,23-24,26-27H2,1-5H3,(H,43,48)(H,44,47)(H,45,49). The molecule has 0 saturated carbocycles. The maximum absolute atomic E-state index is 14.0. The second-order valence-electron chi connectivity index (χ2n) is 14.0. The number of hydrogen-bond acceptors (Lipinski definition) is 7. The number of para-hydroxylation sites is 2. The topological polar surface area (TPSA) is 138 Å². The Morgan fingerprint density at radius 3 is 1.76 bits per heavy atom. The van der Waals surface area contributed by atoms with Crippen molar-refractivity contribution in [2.45, 2.75) is 71.0 Å². The van der Waals surface area contributed by atoms with Gasteiger partial charge in [-0.1, -0.05) is 113 Å². The number of carbonyl (C=O) groups excluding carboxylic acids is 3. The van der Waals surface area contributed by atoms with Gasteiger partial charge in [-0.05, 0) is 71.2 Å².